The van der Waals surface area contributed by atoms with Crippen molar-refractivity contribution in [2.75, 3.05) is 6.61 Å². The summed E-state index contributed by atoms with van der Waals surface area (Å²) in [7, 11) is 0. The first-order valence-corrected chi connectivity index (χ1v) is 13.5. The van der Waals surface area contributed by atoms with Crippen LogP contribution in [0.2, 0.25) is 0 Å². The summed E-state index contributed by atoms with van der Waals surface area (Å²) in [6.07, 6.45) is 2.59. The lowest BCUT2D eigenvalue weighted by atomic mass is 9.45. The van der Waals surface area contributed by atoms with Crippen molar-refractivity contribution in [1.82, 2.24) is 0 Å². The van der Waals surface area contributed by atoms with Crippen LogP contribution in [0.15, 0.2) is 54.1 Å². The number of ketones is 2. The summed E-state index contributed by atoms with van der Waals surface area (Å²) in [5.41, 5.74) is -3.25. The van der Waals surface area contributed by atoms with Crippen molar-refractivity contribution in [1.29, 1.82) is 0 Å². The fraction of sp³-hybridized carbons (Fsp3) is 0.552. The Balaban J connectivity index is 1.47. The second kappa shape index (κ2) is 8.68. The summed E-state index contributed by atoms with van der Waals surface area (Å²) in [5, 5.41) is 23.7. The van der Waals surface area contributed by atoms with Crippen LogP contribution in [0.1, 0.15) is 50.4 Å². The van der Waals surface area contributed by atoms with Gasteiger partial charge in [0, 0.05) is 10.8 Å². The quantitative estimate of drug-likeness (QED) is 0.414. The lowest BCUT2D eigenvalue weighted by molar-refractivity contribution is -0.179. The van der Waals surface area contributed by atoms with Crippen LogP contribution in [0.5, 0.6) is 0 Å². The first-order chi connectivity index (χ1) is 17.3. The molecular formula is C29H32BrFO6. The van der Waals surface area contributed by atoms with Gasteiger partial charge in [-0.15, -0.1) is 0 Å². The van der Waals surface area contributed by atoms with E-state index in [1.165, 1.54) is 12.2 Å². The summed E-state index contributed by atoms with van der Waals surface area (Å²) in [6, 6.07) is 8.30. The Morgan fingerprint density at radius 3 is 2.51 bits per heavy atom. The predicted molar refractivity (Wildman–Crippen MR) is 138 cm³/mol. The molecule has 0 spiro atoms. The number of ether oxygens (including phenoxy) is 1. The molecule has 9 atom stereocenters. The van der Waals surface area contributed by atoms with E-state index in [-0.39, 0.29) is 24.5 Å². The Morgan fingerprint density at radius 2 is 1.84 bits per heavy atom. The molecule has 4 aliphatic carbocycles. The number of halogens is 2. The summed E-state index contributed by atoms with van der Waals surface area (Å²) in [6.45, 7) is 4.80. The van der Waals surface area contributed by atoms with Gasteiger partial charge in [0.2, 0.25) is 5.78 Å². The van der Waals surface area contributed by atoms with Crippen LogP contribution in [-0.2, 0) is 14.3 Å². The molecule has 3 saturated carbocycles. The largest absolute Gasteiger partial charge is 0.454 e. The molecule has 8 heteroatoms. The molecule has 1 aromatic carbocycles. The molecular weight excluding hydrogens is 543 g/mol. The number of aliphatic hydroxyl groups excluding tert-OH is 1. The minimum atomic E-state index is -1.87. The second-order valence-corrected chi connectivity index (χ2v) is 12.9. The molecule has 5 rings (SSSR count). The van der Waals surface area contributed by atoms with Gasteiger partial charge in [-0.3, -0.25) is 9.59 Å². The van der Waals surface area contributed by atoms with Gasteiger partial charge in [0.25, 0.3) is 0 Å². The van der Waals surface area contributed by atoms with Crippen LogP contribution in [0.4, 0.5) is 4.39 Å². The normalized spacial score (nSPS) is 44.4. The number of hydrogen-bond donors (Lipinski definition) is 2. The van der Waals surface area contributed by atoms with Gasteiger partial charge in [0.1, 0.15) is 11.8 Å². The molecule has 198 valence electrons. The molecule has 0 bridgehead atoms. The van der Waals surface area contributed by atoms with E-state index in [4.69, 9.17) is 4.74 Å². The van der Waals surface area contributed by atoms with Gasteiger partial charge >= 0.3 is 5.97 Å². The number of aliphatic hydroxyl groups is 2. The highest BCUT2D eigenvalue weighted by atomic mass is 79.9. The first kappa shape index (κ1) is 26.4. The zero-order chi connectivity index (χ0) is 27.0. The Labute approximate surface area is 224 Å². The number of allylic oxidation sites excluding steroid dienone is 4. The van der Waals surface area contributed by atoms with Crippen molar-refractivity contribution < 1.29 is 33.7 Å². The Kier molecular flexibility index (Phi) is 6.20. The maximum atomic E-state index is 15.7. The fourth-order valence-electron chi connectivity index (χ4n) is 8.03. The van der Waals surface area contributed by atoms with Crippen molar-refractivity contribution in [3.8, 4) is 0 Å². The van der Waals surface area contributed by atoms with Crippen LogP contribution in [0, 0.1) is 28.6 Å². The Bertz CT molecular complexity index is 1210. The maximum Gasteiger partial charge on any atom is 0.338 e. The van der Waals surface area contributed by atoms with E-state index in [1.807, 2.05) is 6.92 Å². The third kappa shape index (κ3) is 3.44. The molecule has 2 N–H and O–H groups in total. The van der Waals surface area contributed by atoms with E-state index in [2.05, 4.69) is 15.9 Å². The third-order valence-corrected chi connectivity index (χ3v) is 11.9. The van der Waals surface area contributed by atoms with Crippen LogP contribution in [0.25, 0.3) is 0 Å². The highest BCUT2D eigenvalue weighted by Gasteiger charge is 2.75. The second-order valence-electron chi connectivity index (χ2n) is 11.6. The number of carbonyl (C=O) groups is 3. The summed E-state index contributed by atoms with van der Waals surface area (Å²) in [4.78, 5) is 38.1. The summed E-state index contributed by atoms with van der Waals surface area (Å²) >= 11 is 3.86. The first-order valence-electron chi connectivity index (χ1n) is 12.7. The fourth-order valence-corrected chi connectivity index (χ4v) is 9.06. The van der Waals surface area contributed by atoms with Crippen LogP contribution >= 0.6 is 15.9 Å². The number of rotatable bonds is 4. The Morgan fingerprint density at radius 1 is 1.16 bits per heavy atom. The molecule has 1 aromatic rings. The zero-order valence-electron chi connectivity index (χ0n) is 21.1. The molecule has 0 radical (unpaired) electrons. The summed E-state index contributed by atoms with van der Waals surface area (Å²) < 4.78 is 20.0. The molecule has 37 heavy (non-hydrogen) atoms. The monoisotopic (exact) mass is 574 g/mol. The molecule has 0 aromatic heterocycles. The topological polar surface area (TPSA) is 101 Å². The van der Waals surface area contributed by atoms with Crippen LogP contribution < -0.4 is 0 Å². The smallest absolute Gasteiger partial charge is 0.338 e. The zero-order valence-corrected chi connectivity index (χ0v) is 22.7. The lowest BCUT2D eigenvalue weighted by Crippen LogP contribution is -2.70. The van der Waals surface area contributed by atoms with Crippen molar-refractivity contribution >= 4 is 33.5 Å². The van der Waals surface area contributed by atoms with Gasteiger partial charge in [0.05, 0.1) is 16.0 Å². The molecule has 0 aliphatic heterocycles. The minimum absolute atomic E-state index is 0.0606. The Hall–Kier alpha value is -2.16. The highest BCUT2D eigenvalue weighted by molar-refractivity contribution is 9.10. The standard InChI is InChI=1S/C29H32BrFO6/c1-16-11-19-20-13-22(31)21-12-18(32)9-10-26(21,2)28(20,30)23(33)14-27(19,3)29(16,36)24(34)15-37-25(35)17-7-5-4-6-8-17/h4-10,12,16,19-20,22-23,33,36H,11,13-15H2,1-3H3/t16-,19-,20-,22+,23-,26-,27-,28-,29-/m0/s1. The SMILES string of the molecule is C[C@H]1C[C@H]2[C@@H]3C[C@@H](F)C4=CC(=O)C=C[C@]4(C)[C@@]3(Br)[C@@H](O)C[C@]2(C)[C@@]1(O)C(=O)COC(=O)c1ccccc1. The number of alkyl halides is 2. The third-order valence-electron chi connectivity index (χ3n) is 9.98. The average molecular weight is 575 g/mol. The van der Waals surface area contributed by atoms with E-state index in [1.54, 1.807) is 50.3 Å². The molecule has 0 saturated heterocycles. The lowest BCUT2D eigenvalue weighted by Gasteiger charge is -2.64. The average Bonchev–Trinajstić information content (AvgIpc) is 3.07. The molecule has 0 unspecified atom stereocenters. The van der Waals surface area contributed by atoms with Crippen molar-refractivity contribution in [2.24, 2.45) is 28.6 Å². The van der Waals surface area contributed by atoms with Crippen LogP contribution in [0.3, 0.4) is 0 Å². The maximum absolute atomic E-state index is 15.7. The minimum Gasteiger partial charge on any atom is -0.454 e. The van der Waals surface area contributed by atoms with E-state index >= 15 is 4.39 Å². The molecule has 3 fully saturated rings. The number of fused-ring (bicyclic) bond motifs is 5. The van der Waals surface area contributed by atoms with Gasteiger partial charge in [-0.2, -0.15) is 0 Å². The number of carbonyl (C=O) groups excluding carboxylic acids is 3. The van der Waals surface area contributed by atoms with Gasteiger partial charge in [-0.1, -0.05) is 61.0 Å². The van der Waals surface area contributed by atoms with Gasteiger partial charge in [0.15, 0.2) is 12.4 Å². The van der Waals surface area contributed by atoms with E-state index < -0.39 is 63.2 Å². The highest BCUT2D eigenvalue weighted by Crippen LogP contribution is 2.72. The van der Waals surface area contributed by atoms with E-state index in [9.17, 15) is 24.6 Å². The van der Waals surface area contributed by atoms with Gasteiger partial charge < -0.3 is 14.9 Å². The van der Waals surface area contributed by atoms with Crippen LogP contribution in [-0.4, -0.2) is 56.6 Å². The number of benzene rings is 1. The number of Topliss-reactive ketones (excluding diaryl/α,β-unsaturated/α-hetero) is 1. The van der Waals surface area contributed by atoms with Gasteiger partial charge in [-0.05, 0) is 66.9 Å². The molecule has 6 nitrogen and oxygen atoms in total. The van der Waals surface area contributed by atoms with Crippen molar-refractivity contribution in [2.45, 2.75) is 62.2 Å². The van der Waals surface area contributed by atoms with Crippen molar-refractivity contribution in [3.05, 3.63) is 59.7 Å². The molecule has 0 heterocycles. The van der Waals surface area contributed by atoms with Gasteiger partial charge in [-0.25, -0.2) is 9.18 Å². The van der Waals surface area contributed by atoms with E-state index in [0.29, 0.717) is 17.6 Å². The van der Waals surface area contributed by atoms with Crippen molar-refractivity contribution in [3.63, 3.8) is 0 Å². The number of esters is 1. The molecule has 0 amide bonds. The number of hydrogen-bond acceptors (Lipinski definition) is 6. The van der Waals surface area contributed by atoms with E-state index in [0.717, 1.165) is 0 Å². The predicted octanol–water partition coefficient (Wildman–Crippen LogP) is 4.13. The molecule has 4 aliphatic rings. The summed E-state index contributed by atoms with van der Waals surface area (Å²) in [5.74, 6) is -2.78.